The van der Waals surface area contributed by atoms with Crippen molar-refractivity contribution >= 4 is 170 Å². The number of ether oxygens (including phenoxy) is 5. The molecule has 14 rings (SSSR count). The summed E-state index contributed by atoms with van der Waals surface area (Å²) >= 11 is 6.48. The molecule has 2 fully saturated rings. The number of carbonyl (C=O) groups is 9. The third-order valence-electron chi connectivity index (χ3n) is 18.9. The van der Waals surface area contributed by atoms with Crippen LogP contribution in [0.25, 0.3) is 66.1 Å². The molecule has 4 aromatic heterocycles. The summed E-state index contributed by atoms with van der Waals surface area (Å²) < 4.78 is 26.7. The molecule has 0 atom stereocenters. The number of carboxylic acids is 1. The van der Waals surface area contributed by atoms with Gasteiger partial charge in [-0.2, -0.15) is 0 Å². The first kappa shape index (κ1) is 100. The number of nitrogens with one attached hydrogen (secondary N) is 6. The van der Waals surface area contributed by atoms with Crippen molar-refractivity contribution < 1.29 is 71.9 Å². The number of carbonyl (C=O) groups excluding carboxylic acids is 8. The zero-order valence-electron chi connectivity index (χ0n) is 74.8. The van der Waals surface area contributed by atoms with E-state index in [1.54, 1.807) is 166 Å². The molecule has 0 spiro atoms. The summed E-state index contributed by atoms with van der Waals surface area (Å²) in [6.45, 7) is 25.0. The van der Waals surface area contributed by atoms with Gasteiger partial charge in [0.05, 0.1) is 71.9 Å². The highest BCUT2D eigenvalue weighted by molar-refractivity contribution is 7.14. The SMILES string of the molecule is CC(C)(C)OC(=O)Nc1ccc(-c2cccs2)cc1N.CC(C)(C)OC(=O)Nc1ccc(-c2cccs2)cc1NC(=O)/C=C/c1ccc(C=O)cc1.CC(C)(C)OC(=O)Nc1ccc(-c2cccs2)cc1NC(=O)/C=C/c1ccc(CN2CCOCC2)cc1.Nc1ccc(-c2cccs2)cc1NC(=O)/C=C/c1ccc(CN2CCOCC2)cc1.O=Cc1ccc(/C=C/C(=O)O)cc1. The number of aldehydes is 2. The molecule has 0 unspecified atom stereocenters. The minimum atomic E-state index is -0.987. The first-order valence-corrected chi connectivity index (χ1v) is 45.7. The van der Waals surface area contributed by atoms with Gasteiger partial charge in [0.15, 0.2) is 0 Å². The predicted molar refractivity (Wildman–Crippen MR) is 536 cm³/mol. The molecule has 6 amide bonds. The highest BCUT2D eigenvalue weighted by Crippen LogP contribution is 2.37. The summed E-state index contributed by atoms with van der Waals surface area (Å²) in [7, 11) is 0. The van der Waals surface area contributed by atoms with Crippen LogP contribution in [0.15, 0.2) is 264 Å². The van der Waals surface area contributed by atoms with Gasteiger partial charge in [0.25, 0.3) is 0 Å². The number of nitrogen functional groups attached to an aromatic ring is 2. The Morgan fingerprint density at radius 2 is 0.636 bits per heavy atom. The Morgan fingerprint density at radius 3 is 0.947 bits per heavy atom. The molecule has 2 saturated heterocycles. The van der Waals surface area contributed by atoms with Crippen LogP contribution in [0.5, 0.6) is 0 Å². The summed E-state index contributed by atoms with van der Waals surface area (Å²) in [4.78, 5) is 114. The number of thiophene rings is 4. The maximum absolute atomic E-state index is 12.8. The topological polar surface area (TPSA) is 351 Å². The van der Waals surface area contributed by atoms with Gasteiger partial charge in [-0.25, -0.2) is 19.2 Å². The maximum atomic E-state index is 12.8. The van der Waals surface area contributed by atoms with Gasteiger partial charge in [-0.15, -0.1) is 45.3 Å². The van der Waals surface area contributed by atoms with Crippen LogP contribution in [-0.2, 0) is 56.0 Å². The fourth-order valence-corrected chi connectivity index (χ4v) is 15.5. The van der Waals surface area contributed by atoms with E-state index in [4.69, 9.17) is 40.3 Å². The molecule has 0 aliphatic carbocycles. The van der Waals surface area contributed by atoms with E-state index in [1.165, 1.54) is 35.4 Å². The van der Waals surface area contributed by atoms with E-state index in [1.807, 2.05) is 176 Å². The number of morpholine rings is 2. The molecule has 29 heteroatoms. The molecule has 0 bridgehead atoms. The first-order chi connectivity index (χ1) is 63.2. The molecule has 2 aliphatic heterocycles. The van der Waals surface area contributed by atoms with E-state index in [0.29, 0.717) is 56.6 Å². The van der Waals surface area contributed by atoms with Crippen molar-refractivity contribution in [1.29, 1.82) is 0 Å². The normalized spacial score (nSPS) is 12.8. The average molecular weight is 1850 g/mol. The van der Waals surface area contributed by atoms with Gasteiger partial charge < -0.3 is 56.2 Å². The van der Waals surface area contributed by atoms with Crippen molar-refractivity contribution in [2.75, 3.05) is 96.0 Å². The molecule has 25 nitrogen and oxygen atoms in total. The lowest BCUT2D eigenvalue weighted by molar-refractivity contribution is -0.131. The summed E-state index contributed by atoms with van der Waals surface area (Å²) in [5.41, 5.74) is 25.3. The van der Waals surface area contributed by atoms with E-state index in [0.717, 1.165) is 148 Å². The van der Waals surface area contributed by atoms with E-state index in [9.17, 15) is 43.2 Å². The molecule has 0 radical (unpaired) electrons. The van der Waals surface area contributed by atoms with E-state index >= 15 is 0 Å². The third-order valence-corrected chi connectivity index (χ3v) is 22.5. The number of rotatable bonds is 24. The van der Waals surface area contributed by atoms with Crippen LogP contribution in [0.1, 0.15) is 116 Å². The second kappa shape index (κ2) is 49.7. The van der Waals surface area contributed by atoms with Gasteiger partial charge in [0, 0.05) is 94.2 Å². The van der Waals surface area contributed by atoms with Gasteiger partial charge in [-0.05, 0) is 237 Å². The third kappa shape index (κ3) is 35.1. The van der Waals surface area contributed by atoms with Crippen molar-refractivity contribution in [2.24, 2.45) is 0 Å². The predicted octanol–water partition coefficient (Wildman–Crippen LogP) is 22.9. The molecule has 6 heterocycles. The Labute approximate surface area is 784 Å². The molecule has 8 aromatic carbocycles. The fraction of sp³-hybridized carbons (Fsp3) is 0.214. The largest absolute Gasteiger partial charge is 0.478 e. The quantitative estimate of drug-likeness (QED) is 0.0117. The number of hydrogen-bond donors (Lipinski definition) is 9. The van der Waals surface area contributed by atoms with Gasteiger partial charge in [-0.3, -0.25) is 49.7 Å². The Hall–Kier alpha value is -14.0. The molecular formula is C103H108N10O15S4. The Balaban J connectivity index is 0.000000177. The molecule has 0 saturated carbocycles. The summed E-state index contributed by atoms with van der Waals surface area (Å²) in [5.74, 6) is -1.85. The van der Waals surface area contributed by atoms with Crippen molar-refractivity contribution in [3.63, 3.8) is 0 Å². The zero-order chi connectivity index (χ0) is 94.6. The monoisotopic (exact) mass is 1850 g/mol. The van der Waals surface area contributed by atoms with Crippen LogP contribution in [0.3, 0.4) is 0 Å². The number of nitrogens with zero attached hydrogens (tertiary/aromatic N) is 2. The molecule has 2 aliphatic rings. The average Bonchev–Trinajstić information content (AvgIpc) is 1.54. The van der Waals surface area contributed by atoms with Crippen LogP contribution in [0, 0.1) is 0 Å². The minimum absolute atomic E-state index is 0.206. The highest BCUT2D eigenvalue weighted by Gasteiger charge is 2.23. The van der Waals surface area contributed by atoms with Gasteiger partial charge in [0.2, 0.25) is 17.7 Å². The highest BCUT2D eigenvalue weighted by atomic mass is 32.1. The minimum Gasteiger partial charge on any atom is -0.478 e. The Bertz CT molecular complexity index is 5930. The summed E-state index contributed by atoms with van der Waals surface area (Å²) in [6.07, 6.45) is 12.0. The van der Waals surface area contributed by atoms with Crippen LogP contribution < -0.4 is 43.4 Å². The number of carboxylic acid groups (broad SMARTS) is 1. The summed E-state index contributed by atoms with van der Waals surface area (Å²) in [5, 5.41) is 33.1. The van der Waals surface area contributed by atoms with Gasteiger partial charge >= 0.3 is 24.2 Å². The molecule has 12 aromatic rings. The van der Waals surface area contributed by atoms with Crippen LogP contribution in [0.2, 0.25) is 0 Å². The number of aliphatic carboxylic acids is 1. The summed E-state index contributed by atoms with van der Waals surface area (Å²) in [6, 6.07) is 68.1. The second-order valence-electron chi connectivity index (χ2n) is 32.9. The van der Waals surface area contributed by atoms with E-state index in [2.05, 4.69) is 66.0 Å². The van der Waals surface area contributed by atoms with Crippen molar-refractivity contribution in [1.82, 2.24) is 9.80 Å². The van der Waals surface area contributed by atoms with E-state index < -0.39 is 41.1 Å². The standard InChI is InChI=1S/C29H33N3O4S.C25H24N2O4S.C24H25N3O2S.C15H18N2O2S.C10H8O3/c1-29(2,3)36-28(34)31-24-12-11-23(26-5-4-18-37-26)19-25(24)30-27(33)13-10-21-6-8-22(9-7-21)20-32-14-16-35-17-15-32;1-25(2,3)31-24(30)27-20-12-11-19(22-5-4-14-32-22)15-21(20)26-23(29)13-10-17-6-8-18(16-28)9-7-17;25-21-9-8-20(23-2-1-15-30-23)16-22(21)26-24(28)10-7-18-3-5-19(6-4-18)17-27-11-13-29-14-12-27;1-15(2,3)19-14(18)17-12-7-6-10(9-11(12)16)13-5-4-8-20-13;11-7-9-3-1-8(2-4-9)5-6-10(12)13/h4-13,18-19H,14-17,20H2,1-3H3,(H,30,33)(H,31,34);4-16H,1-3H3,(H,26,29)(H,27,30);1-10,15-16H,11-14,17,25H2,(H,26,28);4-9H,16H2,1-3H3,(H,17,18);1-7H,(H,12,13)/b2*13-10+;10-7+;;6-5+. The van der Waals surface area contributed by atoms with Gasteiger partial charge in [0.1, 0.15) is 29.4 Å². The van der Waals surface area contributed by atoms with Crippen molar-refractivity contribution in [3.05, 3.63) is 309 Å². The molecule has 11 N–H and O–H groups in total. The zero-order valence-corrected chi connectivity index (χ0v) is 78.0. The van der Waals surface area contributed by atoms with E-state index in [-0.39, 0.29) is 17.7 Å². The number of anilines is 8. The number of amides is 6. The Morgan fingerprint density at radius 1 is 0.348 bits per heavy atom. The van der Waals surface area contributed by atoms with Gasteiger partial charge in [-0.1, -0.05) is 146 Å². The van der Waals surface area contributed by atoms with Crippen molar-refractivity contribution in [2.45, 2.75) is 92.2 Å². The molecule has 132 heavy (non-hydrogen) atoms. The lowest BCUT2D eigenvalue weighted by Gasteiger charge is -2.26. The fourth-order valence-electron chi connectivity index (χ4n) is 12.6. The van der Waals surface area contributed by atoms with Crippen LogP contribution in [-0.4, -0.2) is 139 Å². The van der Waals surface area contributed by atoms with Crippen molar-refractivity contribution in [3.8, 4) is 41.8 Å². The number of hydrogen-bond acceptors (Lipinski definition) is 22. The van der Waals surface area contributed by atoms with Crippen LogP contribution >= 0.6 is 45.3 Å². The smallest absolute Gasteiger partial charge is 0.412 e. The second-order valence-corrected chi connectivity index (χ2v) is 36.7. The number of benzene rings is 8. The first-order valence-electron chi connectivity index (χ1n) is 42.2. The lowest BCUT2D eigenvalue weighted by atomic mass is 10.1. The Kier molecular flexibility index (Phi) is 37.7. The maximum Gasteiger partial charge on any atom is 0.412 e. The number of nitrogens with two attached hydrogens (primary N) is 2. The molecule has 684 valence electrons. The van der Waals surface area contributed by atoms with Crippen LogP contribution in [0.4, 0.5) is 59.9 Å². The lowest BCUT2D eigenvalue weighted by Crippen LogP contribution is -2.35. The molecular weight excluding hydrogens is 1750 g/mol.